The Kier molecular flexibility index (Phi) is 4.27. The minimum atomic E-state index is 0.0360. The molecule has 7 nitrogen and oxygen atoms in total. The van der Waals surface area contributed by atoms with E-state index < -0.39 is 0 Å². The zero-order valence-electron chi connectivity index (χ0n) is 13.7. The Hall–Kier alpha value is -2.25. The quantitative estimate of drug-likeness (QED) is 0.775. The summed E-state index contributed by atoms with van der Waals surface area (Å²) in [7, 11) is 0. The van der Waals surface area contributed by atoms with Gasteiger partial charge in [-0.05, 0) is 37.8 Å². The largest absolute Gasteiger partial charge is 0.381 e. The molecule has 0 spiro atoms. The van der Waals surface area contributed by atoms with Crippen molar-refractivity contribution in [3.8, 4) is 0 Å². The third-order valence-electron chi connectivity index (χ3n) is 4.56. The molecule has 3 aromatic rings. The van der Waals surface area contributed by atoms with Gasteiger partial charge in [0, 0.05) is 37.8 Å². The highest BCUT2D eigenvalue weighted by molar-refractivity contribution is 5.39. The van der Waals surface area contributed by atoms with E-state index in [1.807, 2.05) is 31.5 Å². The fourth-order valence-electron chi connectivity index (χ4n) is 3.31. The van der Waals surface area contributed by atoms with Crippen LogP contribution in [-0.2, 0) is 11.3 Å². The Morgan fingerprint density at radius 3 is 3.00 bits per heavy atom. The second kappa shape index (κ2) is 6.70. The van der Waals surface area contributed by atoms with E-state index in [-0.39, 0.29) is 6.04 Å². The maximum atomic E-state index is 5.49. The van der Waals surface area contributed by atoms with Gasteiger partial charge in [0.25, 0.3) is 0 Å². The van der Waals surface area contributed by atoms with Crippen LogP contribution < -0.4 is 5.32 Å². The molecule has 0 aromatic carbocycles. The molecule has 3 aromatic heterocycles. The highest BCUT2D eigenvalue weighted by Gasteiger charge is 2.29. The highest BCUT2D eigenvalue weighted by Crippen LogP contribution is 2.29. The molecular weight excluding hydrogens is 306 g/mol. The van der Waals surface area contributed by atoms with Gasteiger partial charge in [0.05, 0.1) is 6.04 Å². The van der Waals surface area contributed by atoms with Gasteiger partial charge in [-0.15, -0.1) is 0 Å². The van der Waals surface area contributed by atoms with Gasteiger partial charge in [0.15, 0.2) is 5.82 Å². The first-order valence-electron chi connectivity index (χ1n) is 8.33. The van der Waals surface area contributed by atoms with Crippen molar-refractivity contribution in [2.75, 3.05) is 13.2 Å². The van der Waals surface area contributed by atoms with Crippen LogP contribution in [0.3, 0.4) is 0 Å². The van der Waals surface area contributed by atoms with Gasteiger partial charge in [0.2, 0.25) is 5.89 Å². The third kappa shape index (κ3) is 3.05. The maximum Gasteiger partial charge on any atom is 0.244 e. The summed E-state index contributed by atoms with van der Waals surface area (Å²) < 4.78 is 13.0. The Morgan fingerprint density at radius 2 is 2.21 bits per heavy atom. The van der Waals surface area contributed by atoms with Crippen LogP contribution in [0.25, 0.3) is 5.65 Å². The van der Waals surface area contributed by atoms with Crippen molar-refractivity contribution in [3.05, 3.63) is 48.0 Å². The van der Waals surface area contributed by atoms with Crippen molar-refractivity contribution in [2.24, 2.45) is 5.92 Å². The molecule has 7 heteroatoms. The van der Waals surface area contributed by atoms with Gasteiger partial charge < -0.3 is 13.7 Å². The predicted molar refractivity (Wildman–Crippen MR) is 87.4 cm³/mol. The number of pyridine rings is 1. The van der Waals surface area contributed by atoms with Crippen molar-refractivity contribution in [3.63, 3.8) is 0 Å². The minimum Gasteiger partial charge on any atom is -0.381 e. The standard InChI is InChI=1S/C17H21N5O2/c1-12-20-17(24-21-12)16(13-5-9-23-10-6-13)19-11-14-3-2-4-15-18-7-8-22(14)15/h2-4,7-8,13,16,19H,5-6,9-11H2,1H3. The van der Waals surface area contributed by atoms with Gasteiger partial charge in [-0.25, -0.2) is 4.98 Å². The molecule has 1 N–H and O–H groups in total. The van der Waals surface area contributed by atoms with E-state index in [0.717, 1.165) is 37.4 Å². The summed E-state index contributed by atoms with van der Waals surface area (Å²) in [5, 5.41) is 7.57. The molecule has 1 atom stereocenters. The van der Waals surface area contributed by atoms with E-state index in [9.17, 15) is 0 Å². The number of imidazole rings is 1. The fraction of sp³-hybridized carbons (Fsp3) is 0.471. The molecule has 4 heterocycles. The van der Waals surface area contributed by atoms with Crippen LogP contribution in [0.4, 0.5) is 0 Å². The van der Waals surface area contributed by atoms with Crippen LogP contribution in [-0.4, -0.2) is 32.7 Å². The van der Waals surface area contributed by atoms with E-state index in [1.165, 1.54) is 0 Å². The van der Waals surface area contributed by atoms with E-state index in [2.05, 4.69) is 30.9 Å². The second-order valence-electron chi connectivity index (χ2n) is 6.16. The number of ether oxygens (including phenoxy) is 1. The summed E-state index contributed by atoms with van der Waals surface area (Å²) in [5.74, 6) is 1.76. The van der Waals surface area contributed by atoms with Crippen LogP contribution in [0.15, 0.2) is 35.1 Å². The molecule has 1 aliphatic rings. The average molecular weight is 327 g/mol. The van der Waals surface area contributed by atoms with Gasteiger partial charge in [-0.1, -0.05) is 11.2 Å². The number of nitrogens with one attached hydrogen (secondary N) is 1. The lowest BCUT2D eigenvalue weighted by molar-refractivity contribution is 0.0485. The molecule has 126 valence electrons. The second-order valence-corrected chi connectivity index (χ2v) is 6.16. The molecule has 0 saturated carbocycles. The molecule has 1 aliphatic heterocycles. The lowest BCUT2D eigenvalue weighted by Crippen LogP contribution is -2.32. The summed E-state index contributed by atoms with van der Waals surface area (Å²) in [5.41, 5.74) is 2.10. The monoisotopic (exact) mass is 327 g/mol. The molecular formula is C17H21N5O2. The summed E-state index contributed by atoms with van der Waals surface area (Å²) in [4.78, 5) is 8.79. The molecule has 0 amide bonds. The first-order valence-corrected chi connectivity index (χ1v) is 8.33. The van der Waals surface area contributed by atoms with Gasteiger partial charge >= 0.3 is 0 Å². The molecule has 0 bridgehead atoms. The topological polar surface area (TPSA) is 77.5 Å². The third-order valence-corrected chi connectivity index (χ3v) is 4.56. The van der Waals surface area contributed by atoms with Crippen molar-refractivity contribution in [1.29, 1.82) is 0 Å². The Balaban J connectivity index is 1.56. The molecule has 0 aliphatic carbocycles. The Labute approximate surface area is 140 Å². The van der Waals surface area contributed by atoms with Crippen molar-refractivity contribution in [2.45, 2.75) is 32.4 Å². The summed E-state index contributed by atoms with van der Waals surface area (Å²) in [6.45, 7) is 4.12. The van der Waals surface area contributed by atoms with Gasteiger partial charge in [0.1, 0.15) is 5.65 Å². The molecule has 24 heavy (non-hydrogen) atoms. The van der Waals surface area contributed by atoms with E-state index >= 15 is 0 Å². The zero-order valence-corrected chi connectivity index (χ0v) is 13.7. The number of hydrogen-bond donors (Lipinski definition) is 1. The predicted octanol–water partition coefficient (Wildman–Crippen LogP) is 2.28. The Bertz CT molecular complexity index is 806. The fourth-order valence-corrected chi connectivity index (χ4v) is 3.31. The number of nitrogens with zero attached hydrogens (tertiary/aromatic N) is 4. The summed E-state index contributed by atoms with van der Waals surface area (Å²) in [6.07, 6.45) is 5.78. The lowest BCUT2D eigenvalue weighted by Gasteiger charge is -2.28. The SMILES string of the molecule is Cc1noc(C(NCc2cccc3nccn23)C2CCOCC2)n1. The average Bonchev–Trinajstić information content (AvgIpc) is 3.25. The van der Waals surface area contributed by atoms with Crippen LogP contribution in [0.5, 0.6) is 0 Å². The molecule has 4 rings (SSSR count). The molecule has 1 saturated heterocycles. The first-order chi connectivity index (χ1) is 11.8. The van der Waals surface area contributed by atoms with Gasteiger partial charge in [-0.3, -0.25) is 5.32 Å². The highest BCUT2D eigenvalue weighted by atomic mass is 16.5. The van der Waals surface area contributed by atoms with Crippen molar-refractivity contribution >= 4 is 5.65 Å². The first kappa shape index (κ1) is 15.3. The number of rotatable bonds is 5. The van der Waals surface area contributed by atoms with Crippen molar-refractivity contribution < 1.29 is 9.26 Å². The van der Waals surface area contributed by atoms with Crippen LogP contribution >= 0.6 is 0 Å². The maximum absolute atomic E-state index is 5.49. The van der Waals surface area contributed by atoms with Gasteiger partial charge in [-0.2, -0.15) is 4.98 Å². The lowest BCUT2D eigenvalue weighted by atomic mass is 9.91. The van der Waals surface area contributed by atoms with Crippen LogP contribution in [0.2, 0.25) is 0 Å². The summed E-state index contributed by atoms with van der Waals surface area (Å²) in [6, 6.07) is 6.16. The number of hydrogen-bond acceptors (Lipinski definition) is 6. The van der Waals surface area contributed by atoms with Crippen LogP contribution in [0.1, 0.15) is 36.3 Å². The van der Waals surface area contributed by atoms with Crippen molar-refractivity contribution in [1.82, 2.24) is 24.8 Å². The smallest absolute Gasteiger partial charge is 0.244 e. The van der Waals surface area contributed by atoms with E-state index in [0.29, 0.717) is 24.2 Å². The Morgan fingerprint density at radius 1 is 1.33 bits per heavy atom. The zero-order chi connectivity index (χ0) is 16.4. The number of fused-ring (bicyclic) bond motifs is 1. The van der Waals surface area contributed by atoms with E-state index in [4.69, 9.17) is 9.26 Å². The summed E-state index contributed by atoms with van der Waals surface area (Å²) >= 11 is 0. The normalized spacial score (nSPS) is 17.4. The molecule has 0 radical (unpaired) electrons. The number of aryl methyl sites for hydroxylation is 1. The van der Waals surface area contributed by atoms with Crippen LogP contribution in [0, 0.1) is 12.8 Å². The number of aromatic nitrogens is 4. The molecule has 1 unspecified atom stereocenters. The molecule has 1 fully saturated rings. The van der Waals surface area contributed by atoms with E-state index in [1.54, 1.807) is 0 Å². The minimum absolute atomic E-state index is 0.0360.